The predicted octanol–water partition coefficient (Wildman–Crippen LogP) is 3.66. The number of rotatable bonds is 7. The van der Waals surface area contributed by atoms with Gasteiger partial charge in [0.25, 0.3) is 10.0 Å². The Kier molecular flexibility index (Phi) is 6.31. The number of halogens is 1. The van der Waals surface area contributed by atoms with Crippen LogP contribution < -0.4 is 10.5 Å². The quantitative estimate of drug-likeness (QED) is 0.614. The van der Waals surface area contributed by atoms with Crippen molar-refractivity contribution in [2.45, 2.75) is 38.2 Å². The van der Waals surface area contributed by atoms with Gasteiger partial charge in [-0.2, -0.15) is 9.19 Å². The maximum Gasteiger partial charge on any atom is 0.256 e. The topological polar surface area (TPSA) is 87.2 Å². The van der Waals surface area contributed by atoms with Gasteiger partial charge < -0.3 is 10.5 Å². The number of aryl methyl sites for hydroxylation is 1. The minimum Gasteiger partial charge on any atom is -0.488 e. The SMILES string of the molecule is Cc1cc(-c2cnn(S(=O)(=O)C3CC3)c2)cc(CN)c1OCc1ccccc1.Cl. The van der Waals surface area contributed by atoms with Crippen LogP contribution in [0.1, 0.15) is 29.5 Å². The fraction of sp³-hybridized carbons (Fsp3) is 0.286. The van der Waals surface area contributed by atoms with Gasteiger partial charge in [-0.05, 0) is 48.6 Å². The van der Waals surface area contributed by atoms with Gasteiger partial charge in [-0.25, -0.2) is 8.42 Å². The molecule has 0 amide bonds. The molecule has 0 unspecified atom stereocenters. The second-order valence-corrected chi connectivity index (χ2v) is 9.18. The highest BCUT2D eigenvalue weighted by atomic mass is 35.5. The highest BCUT2D eigenvalue weighted by Gasteiger charge is 2.37. The number of benzene rings is 2. The highest BCUT2D eigenvalue weighted by Crippen LogP contribution is 2.33. The van der Waals surface area contributed by atoms with Crippen LogP contribution in [0.15, 0.2) is 54.9 Å². The van der Waals surface area contributed by atoms with Crippen LogP contribution in [-0.4, -0.2) is 22.9 Å². The molecule has 1 aliphatic rings. The molecular weight excluding hydrogens is 410 g/mol. The molecule has 0 aliphatic heterocycles. The van der Waals surface area contributed by atoms with Gasteiger partial charge in [0, 0.05) is 17.7 Å². The number of nitrogens with zero attached hydrogens (tertiary/aromatic N) is 2. The van der Waals surface area contributed by atoms with Crippen molar-refractivity contribution in [2.24, 2.45) is 5.73 Å². The van der Waals surface area contributed by atoms with Crippen LogP contribution >= 0.6 is 12.4 Å². The predicted molar refractivity (Wildman–Crippen MR) is 116 cm³/mol. The molecule has 154 valence electrons. The van der Waals surface area contributed by atoms with Gasteiger partial charge in [0.2, 0.25) is 0 Å². The first kappa shape index (κ1) is 21.4. The van der Waals surface area contributed by atoms with Gasteiger partial charge in [0.05, 0.1) is 17.6 Å². The van der Waals surface area contributed by atoms with Crippen molar-refractivity contribution in [2.75, 3.05) is 0 Å². The van der Waals surface area contributed by atoms with Crippen LogP contribution in [0.25, 0.3) is 11.1 Å². The second kappa shape index (κ2) is 8.57. The molecule has 0 bridgehead atoms. The minimum atomic E-state index is -3.37. The smallest absolute Gasteiger partial charge is 0.256 e. The molecule has 2 aromatic carbocycles. The molecule has 0 saturated heterocycles. The molecule has 3 aromatic rings. The Morgan fingerprint density at radius 3 is 2.55 bits per heavy atom. The van der Waals surface area contributed by atoms with Crippen molar-refractivity contribution in [3.63, 3.8) is 0 Å². The molecular formula is C21H24ClN3O3S. The average molecular weight is 434 g/mol. The third kappa shape index (κ3) is 4.47. The lowest BCUT2D eigenvalue weighted by atomic mass is 10.0. The van der Waals surface area contributed by atoms with E-state index in [1.54, 1.807) is 12.4 Å². The molecule has 0 radical (unpaired) electrons. The molecule has 1 aliphatic carbocycles. The largest absolute Gasteiger partial charge is 0.488 e. The molecule has 1 aromatic heterocycles. The summed E-state index contributed by atoms with van der Waals surface area (Å²) in [4.78, 5) is 0. The van der Waals surface area contributed by atoms with Gasteiger partial charge in [-0.15, -0.1) is 12.4 Å². The lowest BCUT2D eigenvalue weighted by Crippen LogP contribution is -2.17. The summed E-state index contributed by atoms with van der Waals surface area (Å²) in [5.74, 6) is 0.771. The second-order valence-electron chi connectivity index (χ2n) is 7.11. The first-order valence-electron chi connectivity index (χ1n) is 9.29. The third-order valence-electron chi connectivity index (χ3n) is 4.90. The van der Waals surface area contributed by atoms with Crippen LogP contribution in [0.3, 0.4) is 0 Å². The summed E-state index contributed by atoms with van der Waals surface area (Å²) in [7, 11) is -3.37. The number of hydrogen-bond donors (Lipinski definition) is 1. The van der Waals surface area contributed by atoms with E-state index in [-0.39, 0.29) is 17.7 Å². The summed E-state index contributed by atoms with van der Waals surface area (Å²) in [6, 6.07) is 13.9. The van der Waals surface area contributed by atoms with Crippen LogP contribution in [0.5, 0.6) is 5.75 Å². The Balaban J connectivity index is 0.00000240. The maximum atomic E-state index is 12.4. The van der Waals surface area contributed by atoms with Crippen molar-refractivity contribution < 1.29 is 13.2 Å². The van der Waals surface area contributed by atoms with Crippen LogP contribution in [0, 0.1) is 6.92 Å². The van der Waals surface area contributed by atoms with E-state index in [1.165, 1.54) is 0 Å². The van der Waals surface area contributed by atoms with E-state index in [2.05, 4.69) is 5.10 Å². The van der Waals surface area contributed by atoms with Crippen LogP contribution in [0.2, 0.25) is 0 Å². The summed E-state index contributed by atoms with van der Waals surface area (Å²) in [5, 5.41) is 3.78. The van der Waals surface area contributed by atoms with Gasteiger partial charge in [-0.1, -0.05) is 30.3 Å². The van der Waals surface area contributed by atoms with Gasteiger partial charge >= 0.3 is 0 Å². The average Bonchev–Trinajstić information content (AvgIpc) is 3.44. The molecule has 1 saturated carbocycles. The fourth-order valence-electron chi connectivity index (χ4n) is 3.21. The van der Waals surface area contributed by atoms with Crippen LogP contribution in [0.4, 0.5) is 0 Å². The first-order chi connectivity index (χ1) is 13.5. The summed E-state index contributed by atoms with van der Waals surface area (Å²) >= 11 is 0. The van der Waals surface area contributed by atoms with Gasteiger partial charge in [-0.3, -0.25) is 0 Å². The van der Waals surface area contributed by atoms with Gasteiger partial charge in [0.1, 0.15) is 12.4 Å². The van der Waals surface area contributed by atoms with E-state index in [0.717, 1.165) is 37.7 Å². The molecule has 0 spiro atoms. The van der Waals surface area contributed by atoms with Crippen molar-refractivity contribution in [3.05, 3.63) is 71.5 Å². The van der Waals surface area contributed by atoms with Crippen molar-refractivity contribution in [3.8, 4) is 16.9 Å². The Labute approximate surface area is 177 Å². The number of hydrogen-bond acceptors (Lipinski definition) is 5. The number of nitrogens with two attached hydrogens (primary N) is 1. The minimum absolute atomic E-state index is 0. The van der Waals surface area contributed by atoms with Crippen LogP contribution in [-0.2, 0) is 23.2 Å². The van der Waals surface area contributed by atoms with Crippen molar-refractivity contribution >= 4 is 22.4 Å². The van der Waals surface area contributed by atoms with E-state index in [1.807, 2.05) is 49.4 Å². The zero-order chi connectivity index (χ0) is 19.7. The number of ether oxygens (including phenoxy) is 1. The highest BCUT2D eigenvalue weighted by molar-refractivity contribution is 7.90. The fourth-order valence-corrected chi connectivity index (χ4v) is 4.69. The Bertz CT molecular complexity index is 1090. The molecule has 1 heterocycles. The normalized spacial score (nSPS) is 13.7. The van der Waals surface area contributed by atoms with Gasteiger partial charge in [0.15, 0.2) is 0 Å². The molecule has 1 fully saturated rings. The standard InChI is InChI=1S/C21H23N3O3S.ClH/c1-15-9-17(19-12-23-24(13-19)28(25,26)20-7-8-20)10-18(11-22)21(15)27-14-16-5-3-2-4-6-16;/h2-6,9-10,12-13,20H,7-8,11,14,22H2,1H3;1H. The molecule has 2 N–H and O–H groups in total. The summed E-state index contributed by atoms with van der Waals surface area (Å²) in [5.41, 5.74) is 10.5. The maximum absolute atomic E-state index is 12.4. The number of aromatic nitrogens is 2. The van der Waals surface area contributed by atoms with E-state index in [9.17, 15) is 8.42 Å². The molecule has 6 nitrogen and oxygen atoms in total. The molecule has 4 rings (SSSR count). The lowest BCUT2D eigenvalue weighted by molar-refractivity contribution is 0.301. The van der Waals surface area contributed by atoms with E-state index >= 15 is 0 Å². The summed E-state index contributed by atoms with van der Waals surface area (Å²) in [6.45, 7) is 2.76. The van der Waals surface area contributed by atoms with E-state index < -0.39 is 10.0 Å². The monoisotopic (exact) mass is 433 g/mol. The molecule has 0 atom stereocenters. The summed E-state index contributed by atoms with van der Waals surface area (Å²) < 4.78 is 31.9. The van der Waals surface area contributed by atoms with E-state index in [0.29, 0.717) is 26.0 Å². The van der Waals surface area contributed by atoms with Crippen molar-refractivity contribution in [1.29, 1.82) is 0 Å². The van der Waals surface area contributed by atoms with Crippen molar-refractivity contribution in [1.82, 2.24) is 9.19 Å². The third-order valence-corrected chi connectivity index (χ3v) is 6.93. The first-order valence-corrected chi connectivity index (χ1v) is 10.8. The Morgan fingerprint density at radius 2 is 1.90 bits per heavy atom. The lowest BCUT2D eigenvalue weighted by Gasteiger charge is -2.15. The Hall–Kier alpha value is -2.35. The summed E-state index contributed by atoms with van der Waals surface area (Å²) in [6.07, 6.45) is 4.58. The van der Waals surface area contributed by atoms with E-state index in [4.69, 9.17) is 10.5 Å². The Morgan fingerprint density at radius 1 is 1.17 bits per heavy atom. The zero-order valence-corrected chi connectivity index (χ0v) is 17.7. The molecule has 8 heteroatoms. The molecule has 29 heavy (non-hydrogen) atoms. The zero-order valence-electron chi connectivity index (χ0n) is 16.1.